The lowest BCUT2D eigenvalue weighted by Gasteiger charge is -2.16. The number of hydrogen-bond donors (Lipinski definition) is 1. The normalized spacial score (nSPS) is 10.9. The molecule has 0 fully saturated rings. The zero-order valence-electron chi connectivity index (χ0n) is 12.2. The first-order valence-electron chi connectivity index (χ1n) is 6.77. The molecule has 1 amide bonds. The Labute approximate surface area is 128 Å². The van der Waals surface area contributed by atoms with Crippen LogP contribution in [0.25, 0.3) is 0 Å². The van der Waals surface area contributed by atoms with Gasteiger partial charge in [-0.1, -0.05) is 12.1 Å². The minimum absolute atomic E-state index is 0.0314. The molecule has 21 heavy (non-hydrogen) atoms. The number of thiophene rings is 1. The lowest BCUT2D eigenvalue weighted by atomic mass is 10.2. The van der Waals surface area contributed by atoms with Crippen LogP contribution in [0.15, 0.2) is 35.7 Å². The first kappa shape index (κ1) is 15.7. The zero-order chi connectivity index (χ0) is 15.2. The predicted octanol–water partition coefficient (Wildman–Crippen LogP) is 2.94. The van der Waals surface area contributed by atoms with Crippen LogP contribution < -0.4 is 5.32 Å². The fourth-order valence-corrected chi connectivity index (χ4v) is 2.96. The number of likely N-dealkylation sites (N-methyl/N-ethyl adjacent to an activating group) is 1. The lowest BCUT2D eigenvalue weighted by Crippen LogP contribution is -2.34. The third-order valence-corrected chi connectivity index (χ3v) is 4.21. The van der Waals surface area contributed by atoms with Gasteiger partial charge in [0.1, 0.15) is 5.82 Å². The minimum atomic E-state index is -0.267. The molecule has 1 N–H and O–H groups in total. The number of carbonyl (C=O) groups excluding carboxylic acids is 1. The first-order valence-corrected chi connectivity index (χ1v) is 7.65. The molecular formula is C16H19FN2OS. The second kappa shape index (κ2) is 7.33. The van der Waals surface area contributed by atoms with Crippen LogP contribution in [0.4, 0.5) is 4.39 Å². The van der Waals surface area contributed by atoms with Crippen LogP contribution in [0.1, 0.15) is 16.0 Å². The van der Waals surface area contributed by atoms with Crippen molar-refractivity contribution in [3.8, 4) is 0 Å². The van der Waals surface area contributed by atoms with E-state index in [-0.39, 0.29) is 11.7 Å². The van der Waals surface area contributed by atoms with E-state index in [1.807, 2.05) is 11.9 Å². The number of hydrogen-bond acceptors (Lipinski definition) is 3. The summed E-state index contributed by atoms with van der Waals surface area (Å²) in [6, 6.07) is 8.23. The van der Waals surface area contributed by atoms with E-state index < -0.39 is 0 Å². The van der Waals surface area contributed by atoms with Crippen LogP contribution in [0, 0.1) is 12.7 Å². The van der Waals surface area contributed by atoms with E-state index in [1.165, 1.54) is 22.6 Å². The van der Waals surface area contributed by atoms with Gasteiger partial charge in [-0.15, -0.1) is 11.3 Å². The van der Waals surface area contributed by atoms with Crippen molar-refractivity contribution < 1.29 is 9.18 Å². The van der Waals surface area contributed by atoms with E-state index in [9.17, 15) is 9.18 Å². The van der Waals surface area contributed by atoms with Crippen LogP contribution in [-0.2, 0) is 17.9 Å². The fourth-order valence-electron chi connectivity index (χ4n) is 1.97. The van der Waals surface area contributed by atoms with Crippen molar-refractivity contribution in [2.75, 3.05) is 13.6 Å². The quantitative estimate of drug-likeness (QED) is 0.890. The Morgan fingerprint density at radius 3 is 2.62 bits per heavy atom. The Bertz CT molecular complexity index is 595. The summed E-state index contributed by atoms with van der Waals surface area (Å²) in [6.07, 6.45) is 0. The van der Waals surface area contributed by atoms with Crippen LogP contribution in [0.2, 0.25) is 0 Å². The van der Waals surface area contributed by atoms with Crippen molar-refractivity contribution in [1.82, 2.24) is 10.2 Å². The molecule has 112 valence electrons. The Morgan fingerprint density at radius 1 is 1.29 bits per heavy atom. The Morgan fingerprint density at radius 2 is 2.00 bits per heavy atom. The molecule has 2 aromatic rings. The number of nitrogens with one attached hydrogen (secondary N) is 1. The number of nitrogens with zero attached hydrogens (tertiary/aromatic N) is 1. The number of benzene rings is 1. The van der Waals surface area contributed by atoms with E-state index in [0.29, 0.717) is 13.1 Å². The second-order valence-corrected chi connectivity index (χ2v) is 6.10. The minimum Gasteiger partial charge on any atom is -0.351 e. The number of halogens is 1. The van der Waals surface area contributed by atoms with E-state index in [0.717, 1.165) is 12.1 Å². The number of carbonyl (C=O) groups is 1. The zero-order valence-corrected chi connectivity index (χ0v) is 13.0. The van der Waals surface area contributed by atoms with E-state index >= 15 is 0 Å². The smallest absolute Gasteiger partial charge is 0.234 e. The maximum atomic E-state index is 12.8. The highest BCUT2D eigenvalue weighted by molar-refractivity contribution is 7.10. The van der Waals surface area contributed by atoms with Crippen molar-refractivity contribution in [2.24, 2.45) is 0 Å². The third kappa shape index (κ3) is 4.95. The molecule has 0 unspecified atom stereocenters. The summed E-state index contributed by atoms with van der Waals surface area (Å²) < 4.78 is 12.8. The van der Waals surface area contributed by atoms with Gasteiger partial charge in [0.05, 0.1) is 6.54 Å². The highest BCUT2D eigenvalue weighted by atomic mass is 32.1. The third-order valence-electron chi connectivity index (χ3n) is 3.20. The van der Waals surface area contributed by atoms with Gasteiger partial charge in [0.15, 0.2) is 0 Å². The molecule has 0 aliphatic carbocycles. The van der Waals surface area contributed by atoms with Gasteiger partial charge in [0.25, 0.3) is 0 Å². The molecule has 0 saturated carbocycles. The SMILES string of the molecule is Cc1ccsc1CN(C)CC(=O)NCc1ccc(F)cc1. The van der Waals surface area contributed by atoms with Crippen LogP contribution in [0.5, 0.6) is 0 Å². The molecule has 2 rings (SSSR count). The number of rotatable bonds is 6. The average molecular weight is 306 g/mol. The number of amides is 1. The summed E-state index contributed by atoms with van der Waals surface area (Å²) >= 11 is 1.71. The molecule has 0 aliphatic heterocycles. The van der Waals surface area contributed by atoms with Crippen molar-refractivity contribution in [2.45, 2.75) is 20.0 Å². The van der Waals surface area contributed by atoms with Crippen LogP contribution >= 0.6 is 11.3 Å². The molecule has 0 atom stereocenters. The summed E-state index contributed by atoms with van der Waals surface area (Å²) in [4.78, 5) is 15.1. The maximum Gasteiger partial charge on any atom is 0.234 e. The molecule has 0 radical (unpaired) electrons. The Kier molecular flexibility index (Phi) is 5.47. The van der Waals surface area contributed by atoms with Crippen LogP contribution in [-0.4, -0.2) is 24.4 Å². The van der Waals surface area contributed by atoms with Gasteiger partial charge >= 0.3 is 0 Å². The summed E-state index contributed by atoms with van der Waals surface area (Å²) in [6.45, 7) is 3.62. The predicted molar refractivity (Wildman–Crippen MR) is 83.6 cm³/mol. The van der Waals surface area contributed by atoms with Gasteiger partial charge in [-0.2, -0.15) is 0 Å². The Hall–Kier alpha value is -1.72. The maximum absolute atomic E-state index is 12.8. The molecular weight excluding hydrogens is 287 g/mol. The highest BCUT2D eigenvalue weighted by Gasteiger charge is 2.09. The summed E-state index contributed by atoms with van der Waals surface area (Å²) in [5, 5.41) is 4.91. The summed E-state index contributed by atoms with van der Waals surface area (Å²) in [5.41, 5.74) is 2.15. The summed E-state index contributed by atoms with van der Waals surface area (Å²) in [7, 11) is 1.93. The monoisotopic (exact) mass is 306 g/mol. The first-order chi connectivity index (χ1) is 10.0. The molecule has 3 nitrogen and oxygen atoms in total. The van der Waals surface area contributed by atoms with Gasteiger partial charge in [-0.25, -0.2) is 4.39 Å². The van der Waals surface area contributed by atoms with Gasteiger partial charge in [-0.05, 0) is 48.7 Å². The Balaban J connectivity index is 1.76. The van der Waals surface area contributed by atoms with Gasteiger partial charge in [-0.3, -0.25) is 9.69 Å². The van der Waals surface area contributed by atoms with Gasteiger partial charge in [0, 0.05) is 18.0 Å². The molecule has 0 spiro atoms. The van der Waals surface area contributed by atoms with Crippen molar-refractivity contribution >= 4 is 17.2 Å². The summed E-state index contributed by atoms with van der Waals surface area (Å²) in [5.74, 6) is -0.299. The van der Waals surface area contributed by atoms with E-state index in [2.05, 4.69) is 23.7 Å². The largest absolute Gasteiger partial charge is 0.351 e. The molecule has 1 aromatic carbocycles. The van der Waals surface area contributed by atoms with Gasteiger partial charge in [0.2, 0.25) is 5.91 Å². The molecule has 5 heteroatoms. The van der Waals surface area contributed by atoms with Crippen molar-refractivity contribution in [3.63, 3.8) is 0 Å². The van der Waals surface area contributed by atoms with Crippen molar-refractivity contribution in [3.05, 3.63) is 57.5 Å². The molecule has 1 aromatic heterocycles. The van der Waals surface area contributed by atoms with E-state index in [1.54, 1.807) is 23.5 Å². The fraction of sp³-hybridized carbons (Fsp3) is 0.312. The molecule has 1 heterocycles. The van der Waals surface area contributed by atoms with Gasteiger partial charge < -0.3 is 5.32 Å². The van der Waals surface area contributed by atoms with Crippen molar-refractivity contribution in [1.29, 1.82) is 0 Å². The second-order valence-electron chi connectivity index (χ2n) is 5.10. The topological polar surface area (TPSA) is 32.3 Å². The van der Waals surface area contributed by atoms with Crippen LogP contribution in [0.3, 0.4) is 0 Å². The molecule has 0 saturated heterocycles. The molecule has 0 bridgehead atoms. The standard InChI is InChI=1S/C16H19FN2OS/c1-12-7-8-21-15(12)10-19(2)11-16(20)18-9-13-3-5-14(17)6-4-13/h3-8H,9-11H2,1-2H3,(H,18,20). The number of aryl methyl sites for hydroxylation is 1. The van der Waals surface area contributed by atoms with E-state index in [4.69, 9.17) is 0 Å². The lowest BCUT2D eigenvalue weighted by molar-refractivity contribution is -0.122. The highest BCUT2D eigenvalue weighted by Crippen LogP contribution is 2.16. The molecule has 0 aliphatic rings. The average Bonchev–Trinajstić information content (AvgIpc) is 2.83.